The molecule has 0 unspecified atom stereocenters. The van der Waals surface area contributed by atoms with Crippen molar-refractivity contribution in [1.82, 2.24) is 15.5 Å². The van der Waals surface area contributed by atoms with Crippen molar-refractivity contribution in [2.24, 2.45) is 0 Å². The van der Waals surface area contributed by atoms with Crippen LogP contribution in [-0.2, 0) is 27.4 Å². The summed E-state index contributed by atoms with van der Waals surface area (Å²) in [5.74, 6) is 1.70. The van der Waals surface area contributed by atoms with E-state index in [0.717, 1.165) is 81.9 Å². The van der Waals surface area contributed by atoms with Crippen molar-refractivity contribution in [2.75, 3.05) is 33.4 Å². The van der Waals surface area contributed by atoms with Crippen LogP contribution in [0.5, 0.6) is 11.5 Å². The van der Waals surface area contributed by atoms with E-state index in [9.17, 15) is 14.4 Å². The van der Waals surface area contributed by atoms with Crippen LogP contribution in [0.15, 0.2) is 91.0 Å². The van der Waals surface area contributed by atoms with Crippen LogP contribution in [0.25, 0.3) is 11.1 Å². The largest absolute Gasteiger partial charge is 0.496 e. The Labute approximate surface area is 428 Å². The average Bonchev–Trinajstić information content (AvgIpc) is 3.71. The molecule has 1 aliphatic rings. The molecule has 4 aromatic carbocycles. The SMILES string of the molecule is CCCCCCCCCCCCCCCCN(Cc1ccc(OCCCC(=O)NCc2ccc(C)cc2)cc1OC)C(=O)CCCCCCCCCCNC(=O)OCC1c2ccccc2-c2ccccc21. The van der Waals surface area contributed by atoms with Gasteiger partial charge in [0.2, 0.25) is 11.8 Å². The van der Waals surface area contributed by atoms with Crippen LogP contribution >= 0.6 is 0 Å². The maximum atomic E-state index is 13.8. The summed E-state index contributed by atoms with van der Waals surface area (Å²) in [6, 6.07) is 30.9. The third-order valence-corrected chi connectivity index (χ3v) is 14.1. The molecule has 0 aliphatic heterocycles. The lowest BCUT2D eigenvalue weighted by Crippen LogP contribution is -2.31. The van der Waals surface area contributed by atoms with Crippen LogP contribution in [0.1, 0.15) is 201 Å². The van der Waals surface area contributed by atoms with Crippen molar-refractivity contribution in [3.05, 3.63) is 119 Å². The van der Waals surface area contributed by atoms with E-state index in [0.29, 0.717) is 63.6 Å². The van der Waals surface area contributed by atoms with Gasteiger partial charge in [0.15, 0.2) is 0 Å². The van der Waals surface area contributed by atoms with E-state index in [1.807, 2.05) is 35.2 Å². The van der Waals surface area contributed by atoms with Crippen LogP contribution in [0, 0.1) is 6.92 Å². The Morgan fingerprint density at radius 2 is 1.15 bits per heavy atom. The van der Waals surface area contributed by atoms with Crippen LogP contribution in [-0.4, -0.2) is 56.2 Å². The van der Waals surface area contributed by atoms with Gasteiger partial charge in [0.05, 0.1) is 13.7 Å². The van der Waals surface area contributed by atoms with Gasteiger partial charge in [0, 0.05) is 56.6 Å². The lowest BCUT2D eigenvalue weighted by molar-refractivity contribution is -0.132. The normalized spacial score (nSPS) is 11.8. The molecule has 0 radical (unpaired) electrons. The average molecular weight is 972 g/mol. The quantitative estimate of drug-likeness (QED) is 0.0434. The molecule has 1 aliphatic carbocycles. The monoisotopic (exact) mass is 972 g/mol. The zero-order chi connectivity index (χ0) is 50.1. The van der Waals surface area contributed by atoms with Gasteiger partial charge in [0.1, 0.15) is 18.1 Å². The number of methoxy groups -OCH3 is 1. The highest BCUT2D eigenvalue weighted by Crippen LogP contribution is 2.44. The number of amides is 3. The maximum Gasteiger partial charge on any atom is 0.407 e. The van der Waals surface area contributed by atoms with E-state index in [2.05, 4.69) is 85.1 Å². The molecule has 0 fully saturated rings. The Morgan fingerprint density at radius 1 is 0.592 bits per heavy atom. The molecule has 9 nitrogen and oxygen atoms in total. The molecule has 0 atom stereocenters. The Kier molecular flexibility index (Phi) is 27.2. The number of unbranched alkanes of at least 4 members (excludes halogenated alkanes) is 20. The van der Waals surface area contributed by atoms with Crippen molar-refractivity contribution in [3.8, 4) is 22.6 Å². The standard InChI is InChI=1S/C62H89N3O6/c1-4-5-6-7-8-9-10-11-12-13-16-19-22-29-44-65(48-52-41-42-53(46-59(52)69-3)70-45-30-35-60(66)64-47-51-39-37-50(2)38-40-51)61(67)36-23-20-17-14-15-18-21-28-43-63-62(68)71-49-58-56-33-26-24-31-54(56)55-32-25-27-34-57(55)58/h24-27,31-34,37-42,46,58H,4-23,28-30,35-36,43-45,47-49H2,1-3H3,(H,63,68)(H,64,66). The third kappa shape index (κ3) is 21.5. The first-order valence-electron chi connectivity index (χ1n) is 27.8. The third-order valence-electron chi connectivity index (χ3n) is 14.1. The summed E-state index contributed by atoms with van der Waals surface area (Å²) in [4.78, 5) is 40.9. The molecule has 2 N–H and O–H groups in total. The van der Waals surface area contributed by atoms with Gasteiger partial charge >= 0.3 is 6.09 Å². The Bertz CT molecular complexity index is 2070. The van der Waals surface area contributed by atoms with Crippen molar-refractivity contribution < 1.29 is 28.6 Å². The molecule has 5 rings (SSSR count). The van der Waals surface area contributed by atoms with E-state index in [4.69, 9.17) is 14.2 Å². The molecular formula is C62H89N3O6. The molecule has 0 bridgehead atoms. The fourth-order valence-corrected chi connectivity index (χ4v) is 9.82. The predicted molar refractivity (Wildman–Crippen MR) is 291 cm³/mol. The van der Waals surface area contributed by atoms with Gasteiger partial charge in [-0.1, -0.05) is 207 Å². The summed E-state index contributed by atoms with van der Waals surface area (Å²) >= 11 is 0. The second kappa shape index (κ2) is 34.1. The van der Waals surface area contributed by atoms with Gasteiger partial charge in [-0.3, -0.25) is 9.59 Å². The fraction of sp³-hybridized carbons (Fsp3) is 0.565. The van der Waals surface area contributed by atoms with E-state index < -0.39 is 0 Å². The second-order valence-corrected chi connectivity index (χ2v) is 19.9. The number of alkyl carbamates (subject to hydrolysis) is 1. The van der Waals surface area contributed by atoms with E-state index in [1.165, 1.54) is 105 Å². The van der Waals surface area contributed by atoms with Crippen molar-refractivity contribution >= 4 is 17.9 Å². The first-order valence-corrected chi connectivity index (χ1v) is 27.8. The smallest absolute Gasteiger partial charge is 0.407 e. The lowest BCUT2D eigenvalue weighted by Gasteiger charge is -2.24. The highest BCUT2D eigenvalue weighted by Gasteiger charge is 2.29. The Morgan fingerprint density at radius 3 is 1.76 bits per heavy atom. The topological polar surface area (TPSA) is 106 Å². The number of nitrogens with zero attached hydrogens (tertiary/aromatic N) is 1. The van der Waals surface area contributed by atoms with Crippen molar-refractivity contribution in [3.63, 3.8) is 0 Å². The van der Waals surface area contributed by atoms with Crippen LogP contribution in [0.3, 0.4) is 0 Å². The maximum absolute atomic E-state index is 13.8. The fourth-order valence-electron chi connectivity index (χ4n) is 9.82. The number of hydrogen-bond acceptors (Lipinski definition) is 6. The highest BCUT2D eigenvalue weighted by atomic mass is 16.5. The van der Waals surface area contributed by atoms with E-state index >= 15 is 0 Å². The number of carbonyl (C=O) groups excluding carboxylic acids is 3. The lowest BCUT2D eigenvalue weighted by atomic mass is 9.98. The van der Waals surface area contributed by atoms with E-state index in [-0.39, 0.29) is 23.8 Å². The molecule has 4 aromatic rings. The summed E-state index contributed by atoms with van der Waals surface area (Å²) in [6.07, 6.45) is 28.0. The summed E-state index contributed by atoms with van der Waals surface area (Å²) in [5.41, 5.74) is 8.16. The second-order valence-electron chi connectivity index (χ2n) is 19.9. The molecular weight excluding hydrogens is 883 g/mol. The van der Waals surface area contributed by atoms with Gasteiger partial charge in [-0.15, -0.1) is 0 Å². The zero-order valence-electron chi connectivity index (χ0n) is 44.1. The van der Waals surface area contributed by atoms with Crippen LogP contribution in [0.4, 0.5) is 4.79 Å². The van der Waals surface area contributed by atoms with Gasteiger partial charge in [0.25, 0.3) is 0 Å². The first-order chi connectivity index (χ1) is 34.9. The number of aryl methyl sites for hydroxylation is 1. The van der Waals surface area contributed by atoms with Crippen LogP contribution < -0.4 is 20.1 Å². The minimum Gasteiger partial charge on any atom is -0.496 e. The van der Waals surface area contributed by atoms with Gasteiger partial charge in [-0.2, -0.15) is 0 Å². The Balaban J connectivity index is 0.958. The Hall–Kier alpha value is -5.31. The predicted octanol–water partition coefficient (Wildman–Crippen LogP) is 15.3. The van der Waals surface area contributed by atoms with E-state index in [1.54, 1.807) is 7.11 Å². The number of carbonyl (C=O) groups is 3. The summed E-state index contributed by atoms with van der Waals surface area (Å²) in [7, 11) is 1.67. The number of rotatable bonds is 38. The molecule has 0 aromatic heterocycles. The molecule has 388 valence electrons. The first kappa shape index (κ1) is 56.6. The molecule has 3 amide bonds. The van der Waals surface area contributed by atoms with Gasteiger partial charge in [-0.05, 0) is 72.6 Å². The number of hydrogen-bond donors (Lipinski definition) is 2. The minimum absolute atomic E-state index is 0.0113. The molecule has 0 heterocycles. The molecule has 71 heavy (non-hydrogen) atoms. The van der Waals surface area contributed by atoms with Gasteiger partial charge in [-0.25, -0.2) is 4.79 Å². The van der Waals surface area contributed by atoms with Crippen molar-refractivity contribution in [2.45, 2.75) is 193 Å². The zero-order valence-corrected chi connectivity index (χ0v) is 44.1. The number of nitrogens with one attached hydrogen (secondary N) is 2. The van der Waals surface area contributed by atoms with Crippen LogP contribution in [0.2, 0.25) is 0 Å². The molecule has 0 saturated heterocycles. The minimum atomic E-state index is -0.345. The van der Waals surface area contributed by atoms with Gasteiger partial charge < -0.3 is 29.7 Å². The number of ether oxygens (including phenoxy) is 3. The summed E-state index contributed by atoms with van der Waals surface area (Å²) < 4.78 is 17.6. The van der Waals surface area contributed by atoms with Crippen molar-refractivity contribution in [1.29, 1.82) is 0 Å². The summed E-state index contributed by atoms with van der Waals surface area (Å²) in [5, 5.41) is 5.95. The number of benzene rings is 4. The molecule has 0 spiro atoms. The summed E-state index contributed by atoms with van der Waals surface area (Å²) in [6.45, 7) is 7.50. The highest BCUT2D eigenvalue weighted by molar-refractivity contribution is 5.79. The number of fused-ring (bicyclic) bond motifs is 3. The molecule has 0 saturated carbocycles. The molecule has 9 heteroatoms.